The highest BCUT2D eigenvalue weighted by Crippen LogP contribution is 2.29. The number of thiocarbonyl (C=S) groups is 1. The van der Waals surface area contributed by atoms with Gasteiger partial charge in [0.2, 0.25) is 0 Å². The molecule has 0 radical (unpaired) electrons. The number of halogens is 1. The fraction of sp³-hybridized carbons (Fsp3) is 0.133. The predicted molar refractivity (Wildman–Crippen MR) is 87.4 cm³/mol. The van der Waals surface area contributed by atoms with Gasteiger partial charge in [0.05, 0.1) is 7.11 Å². The van der Waals surface area contributed by atoms with Crippen molar-refractivity contribution in [1.82, 2.24) is 0 Å². The highest BCUT2D eigenvalue weighted by molar-refractivity contribution is 9.10. The maximum absolute atomic E-state index is 5.76. The molecule has 0 saturated heterocycles. The number of rotatable bonds is 5. The molecule has 2 N–H and O–H groups in total. The molecule has 3 nitrogen and oxygen atoms in total. The van der Waals surface area contributed by atoms with Gasteiger partial charge in [-0.1, -0.05) is 40.3 Å². The molecule has 0 fully saturated rings. The van der Waals surface area contributed by atoms with Crippen molar-refractivity contribution >= 4 is 33.1 Å². The fourth-order valence-corrected chi connectivity index (χ4v) is 2.07. The standard InChI is InChI=1S/C15H14BrNO2S/c1-18-14-8-11(15(17)20)4-7-13(14)19-9-10-2-5-12(16)6-3-10/h2-8H,9H2,1H3,(H2,17,20). The van der Waals surface area contributed by atoms with Crippen LogP contribution < -0.4 is 15.2 Å². The molecule has 2 aromatic rings. The average molecular weight is 352 g/mol. The molecule has 0 amide bonds. The van der Waals surface area contributed by atoms with Crippen molar-refractivity contribution < 1.29 is 9.47 Å². The number of nitrogens with two attached hydrogens (primary N) is 1. The van der Waals surface area contributed by atoms with Gasteiger partial charge in [0, 0.05) is 10.0 Å². The molecule has 0 aliphatic carbocycles. The molecule has 0 heterocycles. The van der Waals surface area contributed by atoms with Crippen LogP contribution in [0.3, 0.4) is 0 Å². The van der Waals surface area contributed by atoms with Crippen LogP contribution >= 0.6 is 28.1 Å². The van der Waals surface area contributed by atoms with Crippen LogP contribution in [0.5, 0.6) is 11.5 Å². The van der Waals surface area contributed by atoms with Gasteiger partial charge in [-0.25, -0.2) is 0 Å². The fourth-order valence-electron chi connectivity index (χ4n) is 1.68. The van der Waals surface area contributed by atoms with Gasteiger partial charge in [0.15, 0.2) is 11.5 Å². The summed E-state index contributed by atoms with van der Waals surface area (Å²) < 4.78 is 12.1. The van der Waals surface area contributed by atoms with Crippen LogP contribution in [-0.2, 0) is 6.61 Å². The van der Waals surface area contributed by atoms with Crippen LogP contribution in [0.1, 0.15) is 11.1 Å². The van der Waals surface area contributed by atoms with Gasteiger partial charge in [-0.3, -0.25) is 0 Å². The van der Waals surface area contributed by atoms with E-state index in [1.54, 1.807) is 13.2 Å². The second-order valence-corrected chi connectivity index (χ2v) is 5.50. The molecule has 104 valence electrons. The topological polar surface area (TPSA) is 44.5 Å². The minimum atomic E-state index is 0.336. The summed E-state index contributed by atoms with van der Waals surface area (Å²) >= 11 is 8.34. The van der Waals surface area contributed by atoms with Gasteiger partial charge in [-0.2, -0.15) is 0 Å². The molecule has 20 heavy (non-hydrogen) atoms. The summed E-state index contributed by atoms with van der Waals surface area (Å²) in [6.45, 7) is 0.468. The minimum absolute atomic E-state index is 0.336. The Kier molecular flexibility index (Phi) is 4.98. The van der Waals surface area contributed by atoms with Crippen LogP contribution in [0.15, 0.2) is 46.9 Å². The van der Waals surface area contributed by atoms with E-state index in [4.69, 9.17) is 27.4 Å². The summed E-state index contributed by atoms with van der Waals surface area (Å²) in [5, 5.41) is 0. The number of benzene rings is 2. The van der Waals surface area contributed by atoms with E-state index < -0.39 is 0 Å². The zero-order valence-electron chi connectivity index (χ0n) is 10.9. The normalized spacial score (nSPS) is 10.1. The molecule has 0 saturated carbocycles. The van der Waals surface area contributed by atoms with Gasteiger partial charge >= 0.3 is 0 Å². The Labute approximate surface area is 131 Å². The monoisotopic (exact) mass is 351 g/mol. The lowest BCUT2D eigenvalue weighted by Gasteiger charge is -2.12. The van der Waals surface area contributed by atoms with Crippen molar-refractivity contribution in [2.45, 2.75) is 6.61 Å². The van der Waals surface area contributed by atoms with Crippen LogP contribution in [0.4, 0.5) is 0 Å². The maximum atomic E-state index is 5.76. The van der Waals surface area contributed by atoms with Crippen molar-refractivity contribution in [2.24, 2.45) is 5.73 Å². The van der Waals surface area contributed by atoms with E-state index in [9.17, 15) is 0 Å². The second kappa shape index (κ2) is 6.72. The zero-order valence-corrected chi connectivity index (χ0v) is 13.3. The van der Waals surface area contributed by atoms with Gasteiger partial charge in [-0.15, -0.1) is 0 Å². The van der Waals surface area contributed by atoms with E-state index >= 15 is 0 Å². The Hall–Kier alpha value is -1.59. The molecule has 0 aliphatic rings. The molecule has 0 aliphatic heterocycles. The summed E-state index contributed by atoms with van der Waals surface area (Å²) in [6.07, 6.45) is 0. The Morgan fingerprint density at radius 2 is 1.85 bits per heavy atom. The first kappa shape index (κ1) is 14.8. The SMILES string of the molecule is COc1cc(C(N)=S)ccc1OCc1ccc(Br)cc1. The minimum Gasteiger partial charge on any atom is -0.493 e. The van der Waals surface area contributed by atoms with E-state index in [1.807, 2.05) is 36.4 Å². The molecule has 2 rings (SSSR count). The molecule has 0 unspecified atom stereocenters. The third-order valence-electron chi connectivity index (χ3n) is 2.76. The van der Waals surface area contributed by atoms with E-state index in [2.05, 4.69) is 15.9 Å². The summed E-state index contributed by atoms with van der Waals surface area (Å²) in [5.41, 5.74) is 7.43. The third kappa shape index (κ3) is 3.71. The zero-order chi connectivity index (χ0) is 14.5. The summed E-state index contributed by atoms with van der Waals surface area (Å²) in [4.78, 5) is 0.336. The number of methoxy groups -OCH3 is 1. The van der Waals surface area contributed by atoms with Gasteiger partial charge < -0.3 is 15.2 Å². The third-order valence-corrected chi connectivity index (χ3v) is 3.52. The first-order valence-corrected chi connectivity index (χ1v) is 7.15. The van der Waals surface area contributed by atoms with Gasteiger partial charge in [-0.05, 0) is 35.9 Å². The highest BCUT2D eigenvalue weighted by Gasteiger charge is 2.07. The Bertz CT molecular complexity index is 614. The number of hydrogen-bond acceptors (Lipinski definition) is 3. The van der Waals surface area contributed by atoms with Gasteiger partial charge in [0.1, 0.15) is 11.6 Å². The Balaban J connectivity index is 2.12. The maximum Gasteiger partial charge on any atom is 0.161 e. The average Bonchev–Trinajstić information content (AvgIpc) is 2.46. The molecule has 5 heteroatoms. The Morgan fingerprint density at radius 3 is 2.45 bits per heavy atom. The first-order chi connectivity index (χ1) is 9.60. The smallest absolute Gasteiger partial charge is 0.161 e. The van der Waals surface area contributed by atoms with Crippen molar-refractivity contribution in [3.63, 3.8) is 0 Å². The first-order valence-electron chi connectivity index (χ1n) is 5.95. The molecule has 2 aromatic carbocycles. The van der Waals surface area contributed by atoms with E-state index in [1.165, 1.54) is 0 Å². The summed E-state index contributed by atoms with van der Waals surface area (Å²) in [5.74, 6) is 1.28. The molecule has 0 aromatic heterocycles. The van der Waals surface area contributed by atoms with Crippen molar-refractivity contribution in [1.29, 1.82) is 0 Å². The van der Waals surface area contributed by atoms with Crippen molar-refractivity contribution in [2.75, 3.05) is 7.11 Å². The molecular formula is C15H14BrNO2S. The predicted octanol–water partition coefficient (Wildman–Crippen LogP) is 3.67. The molecule has 0 bridgehead atoms. The molecular weight excluding hydrogens is 338 g/mol. The number of ether oxygens (including phenoxy) is 2. The van der Waals surface area contributed by atoms with Crippen LogP contribution in [-0.4, -0.2) is 12.1 Å². The highest BCUT2D eigenvalue weighted by atomic mass is 79.9. The molecule has 0 spiro atoms. The Morgan fingerprint density at radius 1 is 1.15 bits per heavy atom. The van der Waals surface area contributed by atoms with Crippen LogP contribution in [0.25, 0.3) is 0 Å². The molecule has 0 atom stereocenters. The van der Waals surface area contributed by atoms with E-state index in [-0.39, 0.29) is 0 Å². The quantitative estimate of drug-likeness (QED) is 0.834. The van der Waals surface area contributed by atoms with Crippen LogP contribution in [0.2, 0.25) is 0 Å². The summed E-state index contributed by atoms with van der Waals surface area (Å²) in [6, 6.07) is 13.4. The van der Waals surface area contributed by atoms with Crippen molar-refractivity contribution in [3.8, 4) is 11.5 Å². The number of hydrogen-bond donors (Lipinski definition) is 1. The summed E-state index contributed by atoms with van der Waals surface area (Å²) in [7, 11) is 1.59. The van der Waals surface area contributed by atoms with E-state index in [0.29, 0.717) is 23.1 Å². The van der Waals surface area contributed by atoms with E-state index in [0.717, 1.165) is 15.6 Å². The lowest BCUT2D eigenvalue weighted by Crippen LogP contribution is -2.09. The van der Waals surface area contributed by atoms with Crippen molar-refractivity contribution in [3.05, 3.63) is 58.1 Å². The van der Waals surface area contributed by atoms with Gasteiger partial charge in [0.25, 0.3) is 0 Å². The lowest BCUT2D eigenvalue weighted by atomic mass is 10.2. The van der Waals surface area contributed by atoms with Crippen LogP contribution in [0, 0.1) is 0 Å². The lowest BCUT2D eigenvalue weighted by molar-refractivity contribution is 0.284. The second-order valence-electron chi connectivity index (χ2n) is 4.15. The largest absolute Gasteiger partial charge is 0.493 e.